The van der Waals surface area contributed by atoms with Gasteiger partial charge in [0.05, 0.1) is 25.1 Å². The summed E-state index contributed by atoms with van der Waals surface area (Å²) in [7, 11) is 1.59. The molecule has 1 heterocycles. The Labute approximate surface area is 169 Å². The van der Waals surface area contributed by atoms with Crippen molar-refractivity contribution in [1.82, 2.24) is 15.6 Å². The molecule has 7 nitrogen and oxygen atoms in total. The van der Waals surface area contributed by atoms with Crippen molar-refractivity contribution in [3.05, 3.63) is 65.4 Å². The van der Waals surface area contributed by atoms with Crippen LogP contribution in [0.3, 0.4) is 0 Å². The van der Waals surface area contributed by atoms with Gasteiger partial charge in [-0.2, -0.15) is 10.2 Å². The molecule has 0 bridgehead atoms. The van der Waals surface area contributed by atoms with E-state index in [1.54, 1.807) is 19.4 Å². The summed E-state index contributed by atoms with van der Waals surface area (Å²) in [5.41, 5.74) is 6.29. The van der Waals surface area contributed by atoms with Crippen molar-refractivity contribution in [2.45, 2.75) is 26.9 Å². The molecule has 3 aromatic rings. The number of carbonyl (C=O) groups is 1. The monoisotopic (exact) mass is 392 g/mol. The van der Waals surface area contributed by atoms with Gasteiger partial charge in [-0.25, -0.2) is 5.43 Å². The van der Waals surface area contributed by atoms with E-state index in [2.05, 4.69) is 20.7 Å². The number of aromatic amines is 1. The molecule has 1 amide bonds. The second kappa shape index (κ2) is 9.05. The Balaban J connectivity index is 1.69. The zero-order chi connectivity index (χ0) is 20.8. The van der Waals surface area contributed by atoms with Gasteiger partial charge in [0.15, 0.2) is 11.5 Å². The molecule has 0 fully saturated rings. The molecule has 0 saturated carbocycles. The van der Waals surface area contributed by atoms with Crippen LogP contribution in [-0.2, 0) is 0 Å². The topological polar surface area (TPSA) is 88.6 Å². The Morgan fingerprint density at radius 1 is 1.14 bits per heavy atom. The van der Waals surface area contributed by atoms with E-state index in [4.69, 9.17) is 9.47 Å². The van der Waals surface area contributed by atoms with Gasteiger partial charge in [0, 0.05) is 5.56 Å². The van der Waals surface area contributed by atoms with Gasteiger partial charge >= 0.3 is 0 Å². The lowest BCUT2D eigenvalue weighted by Gasteiger charge is -2.14. The smallest absolute Gasteiger partial charge is 0.289 e. The van der Waals surface area contributed by atoms with Gasteiger partial charge in [-0.1, -0.05) is 29.8 Å². The SMILES string of the molecule is COc1cc(-c2cc(C(=O)N/N=C\c3ccc(C)cc3)[nH]n2)ccc1OC(C)C. The zero-order valence-electron chi connectivity index (χ0n) is 16.9. The fourth-order valence-electron chi connectivity index (χ4n) is 2.64. The largest absolute Gasteiger partial charge is 0.493 e. The quantitative estimate of drug-likeness (QED) is 0.471. The standard InChI is InChI=1S/C22H24N4O3/c1-14(2)29-20-10-9-17(11-21(20)28-4)18-12-19(25-24-18)22(27)26-23-13-16-7-5-15(3)6-8-16/h5-14H,1-4H3,(H,24,25)(H,26,27)/b23-13-. The number of ether oxygens (including phenoxy) is 2. The van der Waals surface area contributed by atoms with E-state index in [0.29, 0.717) is 22.9 Å². The molecular weight excluding hydrogens is 368 g/mol. The third kappa shape index (κ3) is 5.22. The number of aromatic nitrogens is 2. The summed E-state index contributed by atoms with van der Waals surface area (Å²) in [5, 5.41) is 10.9. The summed E-state index contributed by atoms with van der Waals surface area (Å²) in [5.74, 6) is 0.886. The van der Waals surface area contributed by atoms with Crippen molar-refractivity contribution in [2.24, 2.45) is 5.10 Å². The van der Waals surface area contributed by atoms with E-state index in [1.165, 1.54) is 0 Å². The highest BCUT2D eigenvalue weighted by Crippen LogP contribution is 2.32. The molecule has 0 aliphatic heterocycles. The van der Waals surface area contributed by atoms with Gasteiger partial charge in [0.25, 0.3) is 5.91 Å². The number of hydrazone groups is 1. The first-order valence-corrected chi connectivity index (χ1v) is 9.27. The lowest BCUT2D eigenvalue weighted by Crippen LogP contribution is -2.17. The van der Waals surface area contributed by atoms with Crippen molar-refractivity contribution in [2.75, 3.05) is 7.11 Å². The molecule has 1 aromatic heterocycles. The number of aryl methyl sites for hydroxylation is 1. The molecule has 0 aliphatic rings. The molecule has 0 spiro atoms. The van der Waals surface area contributed by atoms with Crippen LogP contribution in [0.25, 0.3) is 11.3 Å². The summed E-state index contributed by atoms with van der Waals surface area (Å²) < 4.78 is 11.1. The fraction of sp³-hybridized carbons (Fsp3) is 0.227. The number of rotatable bonds is 7. The molecule has 150 valence electrons. The third-order valence-corrected chi connectivity index (χ3v) is 4.10. The lowest BCUT2D eigenvalue weighted by atomic mass is 10.1. The molecule has 0 aliphatic carbocycles. The number of hydrogen-bond donors (Lipinski definition) is 2. The molecule has 2 aromatic carbocycles. The number of amides is 1. The molecule has 0 saturated heterocycles. The Morgan fingerprint density at radius 2 is 1.90 bits per heavy atom. The number of hydrogen-bond acceptors (Lipinski definition) is 5. The van der Waals surface area contributed by atoms with Crippen molar-refractivity contribution < 1.29 is 14.3 Å². The maximum Gasteiger partial charge on any atom is 0.289 e. The number of carbonyl (C=O) groups excluding carboxylic acids is 1. The Hall–Kier alpha value is -3.61. The minimum atomic E-state index is -0.376. The van der Waals surface area contributed by atoms with E-state index in [0.717, 1.165) is 16.7 Å². The van der Waals surface area contributed by atoms with Crippen LogP contribution in [0.4, 0.5) is 0 Å². The highest BCUT2D eigenvalue weighted by molar-refractivity contribution is 5.94. The third-order valence-electron chi connectivity index (χ3n) is 4.10. The van der Waals surface area contributed by atoms with Crippen LogP contribution in [0.5, 0.6) is 11.5 Å². The maximum atomic E-state index is 12.3. The van der Waals surface area contributed by atoms with Crippen molar-refractivity contribution in [3.8, 4) is 22.8 Å². The second-order valence-electron chi connectivity index (χ2n) is 6.81. The van der Waals surface area contributed by atoms with Crippen LogP contribution in [0.1, 0.15) is 35.5 Å². The summed E-state index contributed by atoms with van der Waals surface area (Å²) in [6, 6.07) is 15.0. The number of nitrogens with one attached hydrogen (secondary N) is 2. The highest BCUT2D eigenvalue weighted by Gasteiger charge is 2.13. The molecular formula is C22H24N4O3. The minimum Gasteiger partial charge on any atom is -0.493 e. The lowest BCUT2D eigenvalue weighted by molar-refractivity contribution is 0.0950. The minimum absolute atomic E-state index is 0.0379. The normalized spacial score (nSPS) is 11.1. The van der Waals surface area contributed by atoms with Crippen LogP contribution in [0, 0.1) is 6.92 Å². The summed E-state index contributed by atoms with van der Waals surface area (Å²) in [6.45, 7) is 5.92. The summed E-state index contributed by atoms with van der Waals surface area (Å²) >= 11 is 0. The number of nitrogens with zero attached hydrogens (tertiary/aromatic N) is 2. The van der Waals surface area contributed by atoms with Crippen molar-refractivity contribution in [1.29, 1.82) is 0 Å². The molecule has 0 unspecified atom stereocenters. The van der Waals surface area contributed by atoms with Crippen LogP contribution >= 0.6 is 0 Å². The number of benzene rings is 2. The van der Waals surface area contributed by atoms with E-state index in [9.17, 15) is 4.79 Å². The Morgan fingerprint density at radius 3 is 2.59 bits per heavy atom. The van der Waals surface area contributed by atoms with Gasteiger partial charge < -0.3 is 9.47 Å². The van der Waals surface area contributed by atoms with Gasteiger partial charge in [-0.05, 0) is 50.6 Å². The van der Waals surface area contributed by atoms with Crippen LogP contribution in [-0.4, -0.2) is 35.5 Å². The first-order chi connectivity index (χ1) is 14.0. The van der Waals surface area contributed by atoms with Gasteiger partial charge in [-0.3, -0.25) is 9.89 Å². The summed E-state index contributed by atoms with van der Waals surface area (Å²) in [4.78, 5) is 12.3. The Bertz CT molecular complexity index is 1010. The van der Waals surface area contributed by atoms with Crippen LogP contribution < -0.4 is 14.9 Å². The molecule has 3 rings (SSSR count). The zero-order valence-corrected chi connectivity index (χ0v) is 16.9. The fourth-order valence-corrected chi connectivity index (χ4v) is 2.64. The van der Waals surface area contributed by atoms with Gasteiger partial charge in [0.2, 0.25) is 0 Å². The number of H-pyrrole nitrogens is 1. The average Bonchev–Trinajstić information content (AvgIpc) is 3.19. The first kappa shape index (κ1) is 20.1. The Kier molecular flexibility index (Phi) is 6.29. The average molecular weight is 392 g/mol. The van der Waals surface area contributed by atoms with Crippen molar-refractivity contribution >= 4 is 12.1 Å². The predicted octanol–water partition coefficient (Wildman–Crippen LogP) is 3.94. The predicted molar refractivity (Wildman–Crippen MR) is 113 cm³/mol. The summed E-state index contributed by atoms with van der Waals surface area (Å²) in [6.07, 6.45) is 1.63. The molecule has 2 N–H and O–H groups in total. The molecule has 0 radical (unpaired) electrons. The van der Waals surface area contributed by atoms with Crippen LogP contribution in [0.2, 0.25) is 0 Å². The van der Waals surface area contributed by atoms with Gasteiger partial charge in [-0.15, -0.1) is 0 Å². The molecule has 7 heteroatoms. The van der Waals surface area contributed by atoms with Crippen LogP contribution in [0.15, 0.2) is 53.6 Å². The van der Waals surface area contributed by atoms with Gasteiger partial charge in [0.1, 0.15) is 5.69 Å². The van der Waals surface area contributed by atoms with E-state index in [1.807, 2.05) is 63.2 Å². The molecule has 0 atom stereocenters. The van der Waals surface area contributed by atoms with E-state index >= 15 is 0 Å². The first-order valence-electron chi connectivity index (χ1n) is 9.27. The highest BCUT2D eigenvalue weighted by atomic mass is 16.5. The van der Waals surface area contributed by atoms with Crippen molar-refractivity contribution in [3.63, 3.8) is 0 Å². The maximum absolute atomic E-state index is 12.3. The second-order valence-corrected chi connectivity index (χ2v) is 6.81. The number of methoxy groups -OCH3 is 1. The van der Waals surface area contributed by atoms with E-state index in [-0.39, 0.29) is 12.0 Å². The molecule has 29 heavy (non-hydrogen) atoms. The van der Waals surface area contributed by atoms with E-state index < -0.39 is 0 Å².